The van der Waals surface area contributed by atoms with Crippen molar-refractivity contribution in [3.63, 3.8) is 0 Å². The molecule has 1 saturated heterocycles. The van der Waals surface area contributed by atoms with Crippen LogP contribution in [-0.4, -0.2) is 62.2 Å². The lowest BCUT2D eigenvalue weighted by molar-refractivity contribution is -0.136. The molecule has 0 radical (unpaired) electrons. The average Bonchev–Trinajstić information content (AvgIpc) is 3.11. The highest BCUT2D eigenvalue weighted by molar-refractivity contribution is 6.30. The van der Waals surface area contributed by atoms with Crippen LogP contribution in [0.25, 0.3) is 0 Å². The van der Waals surface area contributed by atoms with E-state index in [0.29, 0.717) is 24.8 Å². The van der Waals surface area contributed by atoms with Crippen LogP contribution in [0.1, 0.15) is 19.3 Å². The molecule has 4 fully saturated rings. The third-order valence-corrected chi connectivity index (χ3v) is 6.81. The molecule has 1 heterocycles. The van der Waals surface area contributed by atoms with E-state index in [1.807, 2.05) is 7.05 Å². The van der Waals surface area contributed by atoms with Crippen molar-refractivity contribution in [1.82, 2.24) is 20.9 Å². The van der Waals surface area contributed by atoms with E-state index < -0.39 is 5.82 Å². The molecule has 164 valence electrons. The molecule has 1 aliphatic heterocycles. The molecule has 2 amide bonds. The van der Waals surface area contributed by atoms with Gasteiger partial charge >= 0.3 is 0 Å². The quantitative estimate of drug-likeness (QED) is 0.599. The van der Waals surface area contributed by atoms with Crippen molar-refractivity contribution >= 4 is 23.4 Å². The van der Waals surface area contributed by atoms with E-state index in [1.165, 1.54) is 12.1 Å². The van der Waals surface area contributed by atoms with E-state index in [4.69, 9.17) is 16.3 Å². The molecule has 3 N–H and O–H groups in total. The third-order valence-electron chi connectivity index (χ3n) is 6.51. The molecule has 0 spiro atoms. The first-order valence-corrected chi connectivity index (χ1v) is 10.8. The van der Waals surface area contributed by atoms with Crippen LogP contribution in [0.2, 0.25) is 5.02 Å². The number of halogens is 2. The van der Waals surface area contributed by atoms with E-state index in [2.05, 4.69) is 20.9 Å². The lowest BCUT2D eigenvalue weighted by atomic mass is 9.57. The van der Waals surface area contributed by atoms with Gasteiger partial charge in [0.1, 0.15) is 11.6 Å². The number of amides is 2. The van der Waals surface area contributed by atoms with Crippen molar-refractivity contribution in [3.05, 3.63) is 29.0 Å². The first kappa shape index (κ1) is 21.3. The summed E-state index contributed by atoms with van der Waals surface area (Å²) in [6.07, 6.45) is 2.59. The van der Waals surface area contributed by atoms with E-state index in [9.17, 15) is 14.0 Å². The summed E-state index contributed by atoms with van der Waals surface area (Å²) in [5, 5.41) is 9.47. The maximum absolute atomic E-state index is 13.5. The molecular weight excluding hydrogens is 411 g/mol. The second kappa shape index (κ2) is 9.08. The lowest BCUT2D eigenvalue weighted by Gasteiger charge is -2.50. The Labute approximate surface area is 180 Å². The van der Waals surface area contributed by atoms with Gasteiger partial charge in [0.25, 0.3) is 5.91 Å². The van der Waals surface area contributed by atoms with Crippen molar-refractivity contribution in [3.8, 4) is 5.75 Å². The molecule has 3 atom stereocenters. The summed E-state index contributed by atoms with van der Waals surface area (Å²) in [7, 11) is 2.05. The molecule has 1 aromatic carbocycles. The van der Waals surface area contributed by atoms with Gasteiger partial charge in [0.2, 0.25) is 5.91 Å². The van der Waals surface area contributed by atoms with Crippen LogP contribution in [-0.2, 0) is 9.59 Å². The minimum absolute atomic E-state index is 0.00796. The smallest absolute Gasteiger partial charge is 0.258 e. The number of nitrogens with one attached hydrogen (secondary N) is 3. The van der Waals surface area contributed by atoms with Crippen molar-refractivity contribution in [2.75, 3.05) is 33.4 Å². The topological polar surface area (TPSA) is 82.7 Å². The Bertz CT molecular complexity index is 804. The van der Waals surface area contributed by atoms with Gasteiger partial charge in [0.15, 0.2) is 6.61 Å². The van der Waals surface area contributed by atoms with Crippen molar-refractivity contribution in [2.24, 2.45) is 17.8 Å². The van der Waals surface area contributed by atoms with E-state index in [-0.39, 0.29) is 47.2 Å². The monoisotopic (exact) mass is 438 g/mol. The van der Waals surface area contributed by atoms with E-state index in [0.717, 1.165) is 32.1 Å². The van der Waals surface area contributed by atoms with Crippen molar-refractivity contribution in [1.29, 1.82) is 0 Å². The fraction of sp³-hybridized carbons (Fsp3) is 0.619. The number of rotatable bonds is 7. The number of carbonyl (C=O) groups excluding carboxylic acids is 2. The molecule has 7 nitrogen and oxygen atoms in total. The van der Waals surface area contributed by atoms with Crippen LogP contribution < -0.4 is 20.7 Å². The molecule has 1 unspecified atom stereocenters. The van der Waals surface area contributed by atoms with Gasteiger partial charge in [-0.1, -0.05) is 11.6 Å². The molecule has 2 bridgehead atoms. The van der Waals surface area contributed by atoms with Crippen molar-refractivity contribution < 1.29 is 18.7 Å². The zero-order valence-electron chi connectivity index (χ0n) is 17.0. The maximum Gasteiger partial charge on any atom is 0.258 e. The van der Waals surface area contributed by atoms with Gasteiger partial charge in [-0.2, -0.15) is 0 Å². The Morgan fingerprint density at radius 3 is 2.80 bits per heavy atom. The minimum Gasteiger partial charge on any atom is -0.484 e. The molecule has 0 aromatic heterocycles. The number of carbonyl (C=O) groups is 2. The summed E-state index contributed by atoms with van der Waals surface area (Å²) in [4.78, 5) is 27.3. The highest BCUT2D eigenvalue weighted by atomic mass is 35.5. The van der Waals surface area contributed by atoms with Gasteiger partial charge in [-0.15, -0.1) is 0 Å². The number of fused-ring (bicyclic) bond motifs is 2. The normalized spacial score (nSPS) is 30.4. The number of hydrogen-bond donors (Lipinski definition) is 3. The van der Waals surface area contributed by atoms with Gasteiger partial charge < -0.3 is 15.4 Å². The SMILES string of the molecule is CN1CNC(CNC(=O)[C@@H]2C[C@H](NC(=O)COc3ccc(Cl)c(F)c3)C3CC2C3)C1. The molecule has 3 saturated carbocycles. The van der Waals surface area contributed by atoms with Crippen LogP contribution >= 0.6 is 11.6 Å². The summed E-state index contributed by atoms with van der Waals surface area (Å²) in [5.41, 5.74) is 0. The highest BCUT2D eigenvalue weighted by Gasteiger charge is 2.48. The highest BCUT2D eigenvalue weighted by Crippen LogP contribution is 2.49. The maximum atomic E-state index is 13.5. The fourth-order valence-electron chi connectivity index (χ4n) is 4.77. The van der Waals surface area contributed by atoms with Crippen LogP contribution in [0.4, 0.5) is 4.39 Å². The van der Waals surface area contributed by atoms with Crippen LogP contribution in [0, 0.1) is 23.6 Å². The number of benzene rings is 1. The zero-order chi connectivity index (χ0) is 21.3. The van der Waals surface area contributed by atoms with Crippen LogP contribution in [0.15, 0.2) is 18.2 Å². The van der Waals surface area contributed by atoms with Gasteiger partial charge in [0.05, 0.1) is 5.02 Å². The van der Waals surface area contributed by atoms with Crippen LogP contribution in [0.5, 0.6) is 5.75 Å². The van der Waals surface area contributed by atoms with Gasteiger partial charge in [0, 0.05) is 43.8 Å². The summed E-state index contributed by atoms with van der Waals surface area (Å²) in [6.45, 7) is 2.18. The van der Waals surface area contributed by atoms with E-state index in [1.54, 1.807) is 0 Å². The predicted molar refractivity (Wildman–Crippen MR) is 111 cm³/mol. The largest absolute Gasteiger partial charge is 0.484 e. The second-order valence-electron chi connectivity index (χ2n) is 8.72. The first-order valence-electron chi connectivity index (χ1n) is 10.5. The molecule has 30 heavy (non-hydrogen) atoms. The molecule has 1 aromatic rings. The van der Waals surface area contributed by atoms with Crippen molar-refractivity contribution in [2.45, 2.75) is 31.3 Å². The second-order valence-corrected chi connectivity index (χ2v) is 9.12. The fourth-order valence-corrected chi connectivity index (χ4v) is 4.89. The molecule has 5 rings (SSSR count). The Balaban J connectivity index is 1.24. The number of hydrogen-bond acceptors (Lipinski definition) is 5. The first-order chi connectivity index (χ1) is 14.4. The summed E-state index contributed by atoms with van der Waals surface area (Å²) >= 11 is 5.65. The Morgan fingerprint density at radius 2 is 2.10 bits per heavy atom. The Hall–Kier alpha value is -1.90. The van der Waals surface area contributed by atoms with Crippen LogP contribution in [0.3, 0.4) is 0 Å². The molecule has 4 aliphatic rings. The third kappa shape index (κ3) is 4.87. The van der Waals surface area contributed by atoms with Gasteiger partial charge in [-0.25, -0.2) is 4.39 Å². The van der Waals surface area contributed by atoms with E-state index >= 15 is 0 Å². The number of ether oxygens (including phenoxy) is 1. The summed E-state index contributed by atoms with van der Waals surface area (Å²) < 4.78 is 18.8. The minimum atomic E-state index is -0.587. The lowest BCUT2D eigenvalue weighted by Crippen LogP contribution is -2.57. The molecule has 3 aliphatic carbocycles. The predicted octanol–water partition coefficient (Wildman–Crippen LogP) is 1.37. The Kier molecular flexibility index (Phi) is 6.46. The molecule has 9 heteroatoms. The number of likely N-dealkylation sites (N-methyl/N-ethyl adjacent to an activating group) is 1. The average molecular weight is 439 g/mol. The number of nitrogens with zero attached hydrogens (tertiary/aromatic N) is 1. The Morgan fingerprint density at radius 1 is 1.30 bits per heavy atom. The van der Waals surface area contributed by atoms with Gasteiger partial charge in [-0.3, -0.25) is 19.8 Å². The summed E-state index contributed by atoms with van der Waals surface area (Å²) in [6, 6.07) is 4.32. The van der Waals surface area contributed by atoms with Gasteiger partial charge in [-0.05, 0) is 50.3 Å². The molecular formula is C21H28ClFN4O3. The zero-order valence-corrected chi connectivity index (χ0v) is 17.8. The standard InChI is InChI=1S/C21H28ClFN4O3/c1-27-9-14(25-11-27)8-24-21(29)16-7-19(13-4-12(16)5-13)26-20(28)10-30-15-2-3-17(22)18(23)6-15/h2-3,6,12-14,16,19,25H,4-5,7-11H2,1H3,(H,24,29)(H,26,28)/t12?,13?,14?,16-,19+/m1/s1. The summed E-state index contributed by atoms with van der Waals surface area (Å²) in [5.74, 6) is 0.251.